The van der Waals surface area contributed by atoms with Crippen LogP contribution in [-0.2, 0) is 13.0 Å². The molecule has 3 aromatic heterocycles. The van der Waals surface area contributed by atoms with Gasteiger partial charge < -0.3 is 9.30 Å². The lowest BCUT2D eigenvalue weighted by Crippen LogP contribution is -2.39. The second-order valence-electron chi connectivity index (χ2n) is 7.22. The van der Waals surface area contributed by atoms with Crippen LogP contribution in [0.25, 0.3) is 5.65 Å². The molecule has 0 aromatic carbocycles. The molecule has 4 rings (SSSR count). The molecule has 4 heterocycles. The monoisotopic (exact) mass is 368 g/mol. The highest BCUT2D eigenvalue weighted by Gasteiger charge is 2.26. The first-order valence-electron chi connectivity index (χ1n) is 9.44. The average molecular weight is 368 g/mol. The van der Waals surface area contributed by atoms with E-state index < -0.39 is 0 Å². The SMILES string of the molecule is CCn1c(CC2CCN(C(=O)c3cn4ccc(C)cc4n3)CC2)n[nH]c1=O. The molecule has 1 fully saturated rings. The lowest BCUT2D eigenvalue weighted by molar-refractivity contribution is 0.0684. The predicted molar refractivity (Wildman–Crippen MR) is 101 cm³/mol. The van der Waals surface area contributed by atoms with Crippen LogP contribution in [0.3, 0.4) is 0 Å². The van der Waals surface area contributed by atoms with E-state index in [4.69, 9.17) is 0 Å². The number of amides is 1. The molecule has 1 aliphatic heterocycles. The Balaban J connectivity index is 1.40. The van der Waals surface area contributed by atoms with Crippen molar-refractivity contribution in [2.24, 2.45) is 5.92 Å². The summed E-state index contributed by atoms with van der Waals surface area (Å²) in [5, 5.41) is 6.67. The molecular formula is C19H24N6O2. The number of hydrogen-bond donors (Lipinski definition) is 1. The number of H-pyrrole nitrogens is 1. The van der Waals surface area contributed by atoms with Gasteiger partial charge in [0.1, 0.15) is 17.2 Å². The van der Waals surface area contributed by atoms with Gasteiger partial charge in [0.15, 0.2) is 0 Å². The number of aromatic amines is 1. The Hall–Kier alpha value is -2.90. The lowest BCUT2D eigenvalue weighted by Gasteiger charge is -2.31. The molecular weight excluding hydrogens is 344 g/mol. The minimum atomic E-state index is -0.151. The van der Waals surface area contributed by atoms with Gasteiger partial charge in [0.05, 0.1) is 0 Å². The maximum absolute atomic E-state index is 12.8. The van der Waals surface area contributed by atoms with Gasteiger partial charge in [-0.25, -0.2) is 14.9 Å². The van der Waals surface area contributed by atoms with E-state index in [1.807, 2.05) is 41.5 Å². The molecule has 8 nitrogen and oxygen atoms in total. The smallest absolute Gasteiger partial charge is 0.337 e. The predicted octanol–water partition coefficient (Wildman–Crippen LogP) is 1.64. The second-order valence-corrected chi connectivity index (χ2v) is 7.22. The van der Waals surface area contributed by atoms with E-state index in [9.17, 15) is 9.59 Å². The van der Waals surface area contributed by atoms with Crippen molar-refractivity contribution >= 4 is 11.6 Å². The fraction of sp³-hybridized carbons (Fsp3) is 0.474. The number of hydrogen-bond acceptors (Lipinski definition) is 4. The first kappa shape index (κ1) is 17.5. The summed E-state index contributed by atoms with van der Waals surface area (Å²) in [5.74, 6) is 1.22. The molecule has 0 unspecified atom stereocenters. The topological polar surface area (TPSA) is 88.3 Å². The van der Waals surface area contributed by atoms with E-state index in [-0.39, 0.29) is 11.6 Å². The van der Waals surface area contributed by atoms with Crippen LogP contribution < -0.4 is 5.69 Å². The standard InChI is InChI=1S/C19H24N6O2/c1-3-25-17(21-22-19(25)27)11-14-5-8-23(9-6-14)18(26)15-12-24-7-4-13(2)10-16(24)20-15/h4,7,10,12,14H,3,5-6,8-9,11H2,1-2H3,(H,22,27). The Kier molecular flexibility index (Phi) is 4.55. The number of rotatable bonds is 4. The molecule has 0 spiro atoms. The van der Waals surface area contributed by atoms with Crippen molar-refractivity contribution in [3.05, 3.63) is 52.1 Å². The molecule has 0 aliphatic carbocycles. The number of nitrogens with one attached hydrogen (secondary N) is 1. The van der Waals surface area contributed by atoms with Gasteiger partial charge >= 0.3 is 5.69 Å². The largest absolute Gasteiger partial charge is 0.343 e. The number of piperidine rings is 1. The lowest BCUT2D eigenvalue weighted by atomic mass is 9.93. The van der Waals surface area contributed by atoms with Gasteiger partial charge in [-0.1, -0.05) is 0 Å². The molecule has 27 heavy (non-hydrogen) atoms. The third-order valence-corrected chi connectivity index (χ3v) is 5.36. The minimum Gasteiger partial charge on any atom is -0.337 e. The van der Waals surface area contributed by atoms with Crippen LogP contribution in [0.15, 0.2) is 29.3 Å². The summed E-state index contributed by atoms with van der Waals surface area (Å²) >= 11 is 0. The van der Waals surface area contributed by atoms with E-state index in [0.717, 1.165) is 36.3 Å². The minimum absolute atomic E-state index is 0.0139. The molecule has 0 bridgehead atoms. The van der Waals surface area contributed by atoms with Crippen molar-refractivity contribution in [1.82, 2.24) is 29.0 Å². The molecule has 3 aromatic rings. The quantitative estimate of drug-likeness (QED) is 0.758. The zero-order chi connectivity index (χ0) is 19.0. The van der Waals surface area contributed by atoms with Crippen molar-refractivity contribution in [2.45, 2.75) is 39.7 Å². The van der Waals surface area contributed by atoms with Crippen LogP contribution >= 0.6 is 0 Å². The van der Waals surface area contributed by atoms with Crippen LogP contribution in [0, 0.1) is 12.8 Å². The number of imidazole rings is 1. The van der Waals surface area contributed by atoms with Crippen molar-refractivity contribution in [1.29, 1.82) is 0 Å². The van der Waals surface area contributed by atoms with Crippen LogP contribution in [0.2, 0.25) is 0 Å². The number of nitrogens with zero attached hydrogens (tertiary/aromatic N) is 5. The van der Waals surface area contributed by atoms with Gasteiger partial charge in [-0.3, -0.25) is 9.36 Å². The highest BCUT2D eigenvalue weighted by atomic mass is 16.2. The number of fused-ring (bicyclic) bond motifs is 1. The van der Waals surface area contributed by atoms with Crippen molar-refractivity contribution in [3.63, 3.8) is 0 Å². The van der Waals surface area contributed by atoms with Gasteiger partial charge in [-0.15, -0.1) is 0 Å². The molecule has 1 N–H and O–H groups in total. The molecule has 142 valence electrons. The maximum Gasteiger partial charge on any atom is 0.343 e. The summed E-state index contributed by atoms with van der Waals surface area (Å²) in [5.41, 5.74) is 2.26. The first-order valence-corrected chi connectivity index (χ1v) is 9.44. The number of pyridine rings is 1. The summed E-state index contributed by atoms with van der Waals surface area (Å²) < 4.78 is 3.56. The fourth-order valence-corrected chi connectivity index (χ4v) is 3.78. The maximum atomic E-state index is 12.8. The summed E-state index contributed by atoms with van der Waals surface area (Å²) in [7, 11) is 0. The van der Waals surface area contributed by atoms with E-state index in [0.29, 0.717) is 31.2 Å². The molecule has 0 saturated carbocycles. The molecule has 1 saturated heterocycles. The first-order chi connectivity index (χ1) is 13.0. The van der Waals surface area contributed by atoms with Gasteiger partial charge in [0.2, 0.25) is 0 Å². The Morgan fingerprint density at radius 2 is 2.11 bits per heavy atom. The number of carbonyl (C=O) groups is 1. The third kappa shape index (κ3) is 3.39. The molecule has 0 atom stereocenters. The molecule has 1 amide bonds. The zero-order valence-electron chi connectivity index (χ0n) is 15.7. The summed E-state index contributed by atoms with van der Waals surface area (Å²) in [6.07, 6.45) is 6.30. The molecule has 0 radical (unpaired) electrons. The zero-order valence-corrected chi connectivity index (χ0v) is 15.7. The number of aromatic nitrogens is 5. The summed E-state index contributed by atoms with van der Waals surface area (Å²) in [6, 6.07) is 3.97. The number of likely N-dealkylation sites (tertiary alicyclic amines) is 1. The van der Waals surface area contributed by atoms with Crippen molar-refractivity contribution in [2.75, 3.05) is 13.1 Å². The van der Waals surface area contributed by atoms with Crippen LogP contribution in [0.4, 0.5) is 0 Å². The normalized spacial score (nSPS) is 15.6. The van der Waals surface area contributed by atoms with Gasteiger partial charge in [-0.05, 0) is 50.3 Å². The van der Waals surface area contributed by atoms with Gasteiger partial charge in [0, 0.05) is 38.4 Å². The van der Waals surface area contributed by atoms with Gasteiger partial charge in [-0.2, -0.15) is 5.10 Å². The number of carbonyl (C=O) groups excluding carboxylic acids is 1. The Morgan fingerprint density at radius 3 is 2.85 bits per heavy atom. The van der Waals surface area contributed by atoms with Crippen LogP contribution in [0.5, 0.6) is 0 Å². The molecule has 8 heteroatoms. The summed E-state index contributed by atoms with van der Waals surface area (Å²) in [6.45, 7) is 5.99. The van der Waals surface area contributed by atoms with E-state index in [2.05, 4.69) is 15.2 Å². The fourth-order valence-electron chi connectivity index (χ4n) is 3.78. The Labute approximate surface area is 156 Å². The summed E-state index contributed by atoms with van der Waals surface area (Å²) in [4.78, 5) is 30.9. The second kappa shape index (κ2) is 7.02. The van der Waals surface area contributed by atoms with Gasteiger partial charge in [0.25, 0.3) is 5.91 Å². The highest BCUT2D eigenvalue weighted by molar-refractivity contribution is 5.93. The van der Waals surface area contributed by atoms with E-state index in [1.54, 1.807) is 10.8 Å². The van der Waals surface area contributed by atoms with Crippen molar-refractivity contribution < 1.29 is 4.79 Å². The highest BCUT2D eigenvalue weighted by Crippen LogP contribution is 2.22. The van der Waals surface area contributed by atoms with Crippen LogP contribution in [0.1, 0.15) is 41.6 Å². The number of aryl methyl sites for hydroxylation is 1. The van der Waals surface area contributed by atoms with E-state index in [1.165, 1.54) is 0 Å². The molecule has 1 aliphatic rings. The Morgan fingerprint density at radius 1 is 1.33 bits per heavy atom. The average Bonchev–Trinajstić information content (AvgIpc) is 3.24. The Bertz CT molecular complexity index is 1020. The van der Waals surface area contributed by atoms with Crippen molar-refractivity contribution in [3.8, 4) is 0 Å². The third-order valence-electron chi connectivity index (χ3n) is 5.36. The van der Waals surface area contributed by atoms with E-state index >= 15 is 0 Å². The van der Waals surface area contributed by atoms with Crippen LogP contribution in [-0.4, -0.2) is 48.0 Å².